The predicted molar refractivity (Wildman–Crippen MR) is 95.1 cm³/mol. The van der Waals surface area contributed by atoms with Crippen molar-refractivity contribution in [3.8, 4) is 0 Å². The molecule has 0 aliphatic heterocycles. The molecule has 0 spiro atoms. The second kappa shape index (κ2) is 10.1. The van der Waals surface area contributed by atoms with Crippen molar-refractivity contribution in [1.82, 2.24) is 0 Å². The SMILES string of the molecule is CC(C)CCCOC(=O)c1ccc(C(=O)OC(C)CC(C)C)cc1. The molecule has 0 aliphatic rings. The first-order valence-corrected chi connectivity index (χ1v) is 8.77. The largest absolute Gasteiger partial charge is 0.462 e. The molecule has 1 unspecified atom stereocenters. The van der Waals surface area contributed by atoms with Crippen molar-refractivity contribution in [3.05, 3.63) is 35.4 Å². The average Bonchev–Trinajstić information content (AvgIpc) is 2.50. The Bertz CT molecular complexity index is 517. The molecule has 0 amide bonds. The van der Waals surface area contributed by atoms with E-state index in [1.54, 1.807) is 24.3 Å². The third-order valence-electron chi connectivity index (χ3n) is 3.63. The molecule has 0 aliphatic carbocycles. The topological polar surface area (TPSA) is 52.6 Å². The van der Waals surface area contributed by atoms with E-state index >= 15 is 0 Å². The van der Waals surface area contributed by atoms with E-state index in [0.29, 0.717) is 29.6 Å². The molecule has 0 N–H and O–H groups in total. The maximum atomic E-state index is 12.1. The molecule has 0 bridgehead atoms. The summed E-state index contributed by atoms with van der Waals surface area (Å²) in [5, 5.41) is 0. The van der Waals surface area contributed by atoms with Crippen LogP contribution in [0.4, 0.5) is 0 Å². The molecule has 0 saturated carbocycles. The molecule has 134 valence electrons. The summed E-state index contributed by atoms with van der Waals surface area (Å²) in [4.78, 5) is 24.0. The van der Waals surface area contributed by atoms with Crippen molar-refractivity contribution in [3.63, 3.8) is 0 Å². The lowest BCUT2D eigenvalue weighted by Crippen LogP contribution is -2.17. The van der Waals surface area contributed by atoms with Crippen LogP contribution in [0.2, 0.25) is 0 Å². The quantitative estimate of drug-likeness (QED) is 0.477. The van der Waals surface area contributed by atoms with Gasteiger partial charge >= 0.3 is 11.9 Å². The minimum absolute atomic E-state index is 0.122. The summed E-state index contributed by atoms with van der Waals surface area (Å²) in [7, 11) is 0. The number of hydrogen-bond acceptors (Lipinski definition) is 4. The zero-order valence-electron chi connectivity index (χ0n) is 15.5. The Morgan fingerprint density at radius 3 is 1.92 bits per heavy atom. The van der Waals surface area contributed by atoms with Crippen molar-refractivity contribution in [2.24, 2.45) is 11.8 Å². The Kier molecular flexibility index (Phi) is 8.51. The van der Waals surface area contributed by atoms with Crippen LogP contribution in [0.5, 0.6) is 0 Å². The predicted octanol–water partition coefficient (Wildman–Crippen LogP) is 4.87. The van der Waals surface area contributed by atoms with Gasteiger partial charge in [-0.2, -0.15) is 0 Å². The van der Waals surface area contributed by atoms with E-state index in [2.05, 4.69) is 27.7 Å². The minimum Gasteiger partial charge on any atom is -0.462 e. The first-order valence-electron chi connectivity index (χ1n) is 8.77. The summed E-state index contributed by atoms with van der Waals surface area (Å²) in [6.07, 6.45) is 2.60. The van der Waals surface area contributed by atoms with E-state index in [1.165, 1.54) is 0 Å². The van der Waals surface area contributed by atoms with Gasteiger partial charge in [-0.15, -0.1) is 0 Å². The van der Waals surface area contributed by atoms with Crippen molar-refractivity contribution >= 4 is 11.9 Å². The molecule has 1 rings (SSSR count). The molecule has 4 heteroatoms. The van der Waals surface area contributed by atoms with Gasteiger partial charge in [-0.05, 0) is 62.3 Å². The molecule has 1 aromatic carbocycles. The van der Waals surface area contributed by atoms with E-state index in [-0.39, 0.29) is 18.0 Å². The second-order valence-electron chi connectivity index (χ2n) is 7.09. The second-order valence-corrected chi connectivity index (χ2v) is 7.09. The lowest BCUT2D eigenvalue weighted by molar-refractivity contribution is 0.0298. The number of hydrogen-bond donors (Lipinski definition) is 0. The molecule has 4 nitrogen and oxygen atoms in total. The van der Waals surface area contributed by atoms with Crippen LogP contribution in [0.15, 0.2) is 24.3 Å². The standard InChI is InChI=1S/C20H30O4/c1-14(2)7-6-12-23-19(21)17-8-10-18(11-9-17)20(22)24-16(5)13-15(3)4/h8-11,14-16H,6-7,12-13H2,1-5H3. The van der Waals surface area contributed by atoms with Gasteiger partial charge in [0.05, 0.1) is 23.8 Å². The monoisotopic (exact) mass is 334 g/mol. The maximum absolute atomic E-state index is 12.1. The number of carbonyl (C=O) groups is 2. The minimum atomic E-state index is -0.361. The summed E-state index contributed by atoms with van der Waals surface area (Å²) < 4.78 is 10.6. The summed E-state index contributed by atoms with van der Waals surface area (Å²) in [5.41, 5.74) is 0.897. The maximum Gasteiger partial charge on any atom is 0.338 e. The van der Waals surface area contributed by atoms with Crippen molar-refractivity contribution in [2.45, 2.75) is 60.0 Å². The normalized spacial score (nSPS) is 12.3. The van der Waals surface area contributed by atoms with E-state index < -0.39 is 0 Å². The fourth-order valence-electron chi connectivity index (χ4n) is 2.44. The molecule has 24 heavy (non-hydrogen) atoms. The highest BCUT2D eigenvalue weighted by Gasteiger charge is 2.14. The smallest absolute Gasteiger partial charge is 0.338 e. The van der Waals surface area contributed by atoms with Crippen LogP contribution in [0.3, 0.4) is 0 Å². The Morgan fingerprint density at radius 1 is 0.875 bits per heavy atom. The van der Waals surface area contributed by atoms with Gasteiger partial charge in [0.1, 0.15) is 0 Å². The summed E-state index contributed by atoms with van der Waals surface area (Å²) in [5.74, 6) is 0.361. The van der Waals surface area contributed by atoms with E-state index in [0.717, 1.165) is 19.3 Å². The average molecular weight is 334 g/mol. The van der Waals surface area contributed by atoms with Crippen LogP contribution in [-0.2, 0) is 9.47 Å². The summed E-state index contributed by atoms with van der Waals surface area (Å²) in [6.45, 7) is 10.8. The Hall–Kier alpha value is -1.84. The van der Waals surface area contributed by atoms with Crippen LogP contribution in [-0.4, -0.2) is 24.6 Å². The lowest BCUT2D eigenvalue weighted by atomic mass is 10.1. The number of benzene rings is 1. The van der Waals surface area contributed by atoms with Gasteiger partial charge in [-0.25, -0.2) is 9.59 Å². The molecular formula is C20H30O4. The van der Waals surface area contributed by atoms with Gasteiger partial charge in [0.15, 0.2) is 0 Å². The highest BCUT2D eigenvalue weighted by molar-refractivity contribution is 5.93. The van der Waals surface area contributed by atoms with Gasteiger partial charge < -0.3 is 9.47 Å². The molecule has 0 saturated heterocycles. The molecule has 0 heterocycles. The molecule has 0 aromatic heterocycles. The lowest BCUT2D eigenvalue weighted by Gasteiger charge is -2.15. The van der Waals surface area contributed by atoms with Crippen molar-refractivity contribution in [1.29, 1.82) is 0 Å². The molecule has 1 aromatic rings. The van der Waals surface area contributed by atoms with Gasteiger partial charge in [0.25, 0.3) is 0 Å². The molecular weight excluding hydrogens is 304 g/mol. The van der Waals surface area contributed by atoms with Crippen LogP contribution < -0.4 is 0 Å². The summed E-state index contributed by atoms with van der Waals surface area (Å²) >= 11 is 0. The molecule has 0 radical (unpaired) electrons. The van der Waals surface area contributed by atoms with Crippen molar-refractivity contribution in [2.75, 3.05) is 6.61 Å². The highest BCUT2D eigenvalue weighted by Crippen LogP contribution is 2.13. The van der Waals surface area contributed by atoms with Gasteiger partial charge in [0, 0.05) is 0 Å². The third kappa shape index (κ3) is 7.62. The first-order chi connectivity index (χ1) is 11.3. The van der Waals surface area contributed by atoms with Crippen LogP contribution in [0.1, 0.15) is 74.6 Å². The van der Waals surface area contributed by atoms with E-state index in [4.69, 9.17) is 9.47 Å². The van der Waals surface area contributed by atoms with E-state index in [1.807, 2.05) is 6.92 Å². The van der Waals surface area contributed by atoms with Gasteiger partial charge in [-0.1, -0.05) is 27.7 Å². The van der Waals surface area contributed by atoms with Crippen LogP contribution in [0, 0.1) is 11.8 Å². The third-order valence-corrected chi connectivity index (χ3v) is 3.63. The zero-order chi connectivity index (χ0) is 18.1. The zero-order valence-corrected chi connectivity index (χ0v) is 15.5. The first kappa shape index (κ1) is 20.2. The molecule has 1 atom stereocenters. The Balaban J connectivity index is 2.49. The van der Waals surface area contributed by atoms with Gasteiger partial charge in [0.2, 0.25) is 0 Å². The fraction of sp³-hybridized carbons (Fsp3) is 0.600. The van der Waals surface area contributed by atoms with Crippen LogP contribution in [0.25, 0.3) is 0 Å². The molecule has 0 fully saturated rings. The highest BCUT2D eigenvalue weighted by atomic mass is 16.5. The Morgan fingerprint density at radius 2 is 1.42 bits per heavy atom. The van der Waals surface area contributed by atoms with Crippen molar-refractivity contribution < 1.29 is 19.1 Å². The number of esters is 2. The number of ether oxygens (including phenoxy) is 2. The number of rotatable bonds is 9. The van der Waals surface area contributed by atoms with Gasteiger partial charge in [-0.3, -0.25) is 0 Å². The van der Waals surface area contributed by atoms with Crippen LogP contribution >= 0.6 is 0 Å². The fourth-order valence-corrected chi connectivity index (χ4v) is 2.44. The van der Waals surface area contributed by atoms with E-state index in [9.17, 15) is 9.59 Å². The Labute approximate surface area is 145 Å². The summed E-state index contributed by atoms with van der Waals surface area (Å²) in [6, 6.07) is 6.42. The number of carbonyl (C=O) groups excluding carboxylic acids is 2.